The summed E-state index contributed by atoms with van der Waals surface area (Å²) < 4.78 is 0. The molecule has 1 saturated carbocycles. The first-order valence-electron chi connectivity index (χ1n) is 6.04. The largest absolute Gasteiger partial charge is 0.336 e. The molecule has 0 saturated heterocycles. The van der Waals surface area contributed by atoms with E-state index in [1.54, 1.807) is 24.5 Å². The Kier molecular flexibility index (Phi) is 3.54. The summed E-state index contributed by atoms with van der Waals surface area (Å²) in [4.78, 5) is 18.2. The van der Waals surface area contributed by atoms with Gasteiger partial charge in [-0.1, -0.05) is 12.8 Å². The lowest BCUT2D eigenvalue weighted by molar-refractivity contribution is 0.0693. The maximum atomic E-state index is 12.3. The van der Waals surface area contributed by atoms with Gasteiger partial charge in [0.05, 0.1) is 0 Å². The van der Waals surface area contributed by atoms with Crippen molar-refractivity contribution in [3.05, 3.63) is 30.1 Å². The SMILES string of the molecule is CCN(C(=O)c1ccncc1)C1CCCC1. The summed E-state index contributed by atoms with van der Waals surface area (Å²) in [5.74, 6) is 0.150. The van der Waals surface area contributed by atoms with E-state index in [1.807, 2.05) is 4.90 Å². The second kappa shape index (κ2) is 5.10. The van der Waals surface area contributed by atoms with Crippen molar-refractivity contribution in [1.82, 2.24) is 9.88 Å². The van der Waals surface area contributed by atoms with Crippen LogP contribution < -0.4 is 0 Å². The average molecular weight is 218 g/mol. The van der Waals surface area contributed by atoms with Crippen LogP contribution in [0.5, 0.6) is 0 Å². The zero-order chi connectivity index (χ0) is 11.4. The first-order chi connectivity index (χ1) is 7.83. The van der Waals surface area contributed by atoms with Gasteiger partial charge >= 0.3 is 0 Å². The van der Waals surface area contributed by atoms with Gasteiger partial charge in [-0.05, 0) is 31.9 Å². The lowest BCUT2D eigenvalue weighted by atomic mass is 10.1. The van der Waals surface area contributed by atoms with Crippen LogP contribution in [-0.4, -0.2) is 28.4 Å². The number of nitrogens with zero attached hydrogens (tertiary/aromatic N) is 2. The summed E-state index contributed by atoms with van der Waals surface area (Å²) in [6, 6.07) is 4.03. The molecule has 0 radical (unpaired) electrons. The molecule has 86 valence electrons. The van der Waals surface area contributed by atoms with Crippen LogP contribution in [0.25, 0.3) is 0 Å². The highest BCUT2D eigenvalue weighted by atomic mass is 16.2. The topological polar surface area (TPSA) is 33.2 Å². The minimum Gasteiger partial charge on any atom is -0.336 e. The van der Waals surface area contributed by atoms with Crippen molar-refractivity contribution in [1.29, 1.82) is 0 Å². The summed E-state index contributed by atoms with van der Waals surface area (Å²) in [5.41, 5.74) is 0.753. The molecule has 1 aliphatic rings. The molecule has 1 aliphatic carbocycles. The molecule has 0 aromatic carbocycles. The zero-order valence-electron chi connectivity index (χ0n) is 9.72. The van der Waals surface area contributed by atoms with E-state index in [0.29, 0.717) is 6.04 Å². The van der Waals surface area contributed by atoms with Crippen LogP contribution in [-0.2, 0) is 0 Å². The van der Waals surface area contributed by atoms with Gasteiger partial charge in [-0.25, -0.2) is 0 Å². The molecule has 0 bridgehead atoms. The van der Waals surface area contributed by atoms with E-state index >= 15 is 0 Å². The molecule has 1 fully saturated rings. The van der Waals surface area contributed by atoms with Gasteiger partial charge in [-0.3, -0.25) is 9.78 Å². The van der Waals surface area contributed by atoms with Crippen molar-refractivity contribution in [2.45, 2.75) is 38.6 Å². The molecule has 1 amide bonds. The quantitative estimate of drug-likeness (QED) is 0.781. The van der Waals surface area contributed by atoms with Gasteiger partial charge in [0.1, 0.15) is 0 Å². The van der Waals surface area contributed by atoms with Gasteiger partial charge in [0.15, 0.2) is 0 Å². The Bertz CT molecular complexity index is 344. The van der Waals surface area contributed by atoms with Gasteiger partial charge < -0.3 is 4.90 Å². The van der Waals surface area contributed by atoms with Crippen LogP contribution in [0.15, 0.2) is 24.5 Å². The first kappa shape index (κ1) is 11.1. The van der Waals surface area contributed by atoms with Crippen LogP contribution >= 0.6 is 0 Å². The number of aromatic nitrogens is 1. The van der Waals surface area contributed by atoms with Crippen LogP contribution in [0.4, 0.5) is 0 Å². The summed E-state index contributed by atoms with van der Waals surface area (Å²) in [6.45, 7) is 2.85. The molecule has 3 nitrogen and oxygen atoms in total. The second-order valence-corrected chi connectivity index (χ2v) is 4.27. The van der Waals surface area contributed by atoms with E-state index in [4.69, 9.17) is 0 Å². The summed E-state index contributed by atoms with van der Waals surface area (Å²) in [5, 5.41) is 0. The Morgan fingerprint density at radius 3 is 2.56 bits per heavy atom. The lowest BCUT2D eigenvalue weighted by Crippen LogP contribution is -2.38. The van der Waals surface area contributed by atoms with Crippen LogP contribution in [0.3, 0.4) is 0 Å². The minimum absolute atomic E-state index is 0.150. The van der Waals surface area contributed by atoms with Crippen molar-refractivity contribution >= 4 is 5.91 Å². The van der Waals surface area contributed by atoms with Gasteiger partial charge in [0, 0.05) is 30.5 Å². The second-order valence-electron chi connectivity index (χ2n) is 4.27. The molecule has 16 heavy (non-hydrogen) atoms. The van der Waals surface area contributed by atoms with Crippen molar-refractivity contribution in [3.8, 4) is 0 Å². The van der Waals surface area contributed by atoms with E-state index in [0.717, 1.165) is 24.9 Å². The molecular formula is C13H18N2O. The Morgan fingerprint density at radius 2 is 2.00 bits per heavy atom. The standard InChI is InChI=1S/C13H18N2O/c1-2-15(12-5-3-4-6-12)13(16)11-7-9-14-10-8-11/h7-10,12H,2-6H2,1H3. The third-order valence-corrected chi connectivity index (χ3v) is 3.29. The van der Waals surface area contributed by atoms with Crippen LogP contribution in [0, 0.1) is 0 Å². The predicted molar refractivity (Wildman–Crippen MR) is 63.2 cm³/mol. The van der Waals surface area contributed by atoms with Gasteiger partial charge in [-0.2, -0.15) is 0 Å². The average Bonchev–Trinajstić information content (AvgIpc) is 2.85. The third-order valence-electron chi connectivity index (χ3n) is 3.29. The first-order valence-corrected chi connectivity index (χ1v) is 6.04. The molecule has 1 aromatic heterocycles. The van der Waals surface area contributed by atoms with Crippen molar-refractivity contribution in [2.75, 3.05) is 6.54 Å². The fourth-order valence-corrected chi connectivity index (χ4v) is 2.44. The van der Waals surface area contributed by atoms with E-state index in [-0.39, 0.29) is 5.91 Å². The van der Waals surface area contributed by atoms with Crippen molar-refractivity contribution < 1.29 is 4.79 Å². The molecule has 0 aliphatic heterocycles. The zero-order valence-corrected chi connectivity index (χ0v) is 9.72. The Morgan fingerprint density at radius 1 is 1.38 bits per heavy atom. The van der Waals surface area contributed by atoms with E-state index in [9.17, 15) is 4.79 Å². The normalized spacial score (nSPS) is 16.3. The Hall–Kier alpha value is -1.38. The van der Waals surface area contributed by atoms with Gasteiger partial charge in [0.2, 0.25) is 0 Å². The molecule has 0 atom stereocenters. The molecule has 0 spiro atoms. The molecule has 2 rings (SSSR count). The molecular weight excluding hydrogens is 200 g/mol. The Balaban J connectivity index is 2.12. The van der Waals surface area contributed by atoms with Crippen LogP contribution in [0.1, 0.15) is 43.0 Å². The van der Waals surface area contributed by atoms with Crippen molar-refractivity contribution in [3.63, 3.8) is 0 Å². The van der Waals surface area contributed by atoms with E-state index < -0.39 is 0 Å². The number of carbonyl (C=O) groups is 1. The van der Waals surface area contributed by atoms with Crippen molar-refractivity contribution in [2.24, 2.45) is 0 Å². The van der Waals surface area contributed by atoms with E-state index in [1.165, 1.54) is 12.8 Å². The number of carbonyl (C=O) groups excluding carboxylic acids is 1. The van der Waals surface area contributed by atoms with E-state index in [2.05, 4.69) is 11.9 Å². The monoisotopic (exact) mass is 218 g/mol. The summed E-state index contributed by atoms with van der Waals surface area (Å²) in [7, 11) is 0. The Labute approximate surface area is 96.5 Å². The predicted octanol–water partition coefficient (Wildman–Crippen LogP) is 2.49. The molecule has 3 heteroatoms. The number of amides is 1. The highest BCUT2D eigenvalue weighted by molar-refractivity contribution is 5.94. The van der Waals surface area contributed by atoms with Gasteiger partial charge in [0.25, 0.3) is 5.91 Å². The summed E-state index contributed by atoms with van der Waals surface area (Å²) >= 11 is 0. The molecule has 0 unspecified atom stereocenters. The van der Waals surface area contributed by atoms with Gasteiger partial charge in [-0.15, -0.1) is 0 Å². The summed E-state index contributed by atoms with van der Waals surface area (Å²) in [6.07, 6.45) is 8.18. The highest BCUT2D eigenvalue weighted by Gasteiger charge is 2.25. The molecule has 1 aromatic rings. The third kappa shape index (κ3) is 2.23. The molecule has 1 heterocycles. The molecule has 0 N–H and O–H groups in total. The minimum atomic E-state index is 0.150. The fourth-order valence-electron chi connectivity index (χ4n) is 2.44. The lowest BCUT2D eigenvalue weighted by Gasteiger charge is -2.27. The fraction of sp³-hybridized carbons (Fsp3) is 0.538. The smallest absolute Gasteiger partial charge is 0.254 e. The van der Waals surface area contributed by atoms with Crippen LogP contribution in [0.2, 0.25) is 0 Å². The number of hydrogen-bond donors (Lipinski definition) is 0. The maximum absolute atomic E-state index is 12.3. The number of pyridine rings is 1. The highest BCUT2D eigenvalue weighted by Crippen LogP contribution is 2.24. The maximum Gasteiger partial charge on any atom is 0.254 e. The number of hydrogen-bond acceptors (Lipinski definition) is 2. The number of rotatable bonds is 3.